The molecule has 1 aliphatic rings. The Balaban J connectivity index is 1.88. The fourth-order valence-electron chi connectivity index (χ4n) is 3.03. The molecule has 4 nitrogen and oxygen atoms in total. The Labute approximate surface area is 151 Å². The predicted molar refractivity (Wildman–Crippen MR) is 101 cm³/mol. The van der Waals surface area contributed by atoms with Crippen molar-refractivity contribution in [1.29, 1.82) is 0 Å². The van der Waals surface area contributed by atoms with Crippen molar-refractivity contribution in [2.24, 2.45) is 0 Å². The molecule has 2 rings (SSSR count). The first-order chi connectivity index (χ1) is 12.2. The third kappa shape index (κ3) is 6.54. The summed E-state index contributed by atoms with van der Waals surface area (Å²) in [5.41, 5.74) is 3.06. The molecule has 0 fully saturated rings. The Bertz CT molecular complexity index is 581. The number of methoxy groups -OCH3 is 1. The predicted octanol–water partition coefficient (Wildman–Crippen LogP) is 4.63. The van der Waals surface area contributed by atoms with Crippen molar-refractivity contribution in [2.45, 2.75) is 58.5 Å². The van der Waals surface area contributed by atoms with E-state index in [0.717, 1.165) is 37.2 Å². The van der Waals surface area contributed by atoms with Crippen LogP contribution in [0.25, 0.3) is 0 Å². The van der Waals surface area contributed by atoms with Crippen molar-refractivity contribution in [3.05, 3.63) is 41.0 Å². The van der Waals surface area contributed by atoms with Crippen LogP contribution < -0.4 is 10.1 Å². The van der Waals surface area contributed by atoms with Crippen LogP contribution in [-0.4, -0.2) is 26.2 Å². The lowest BCUT2D eigenvalue weighted by molar-refractivity contribution is 0.0953. The molecule has 0 radical (unpaired) electrons. The van der Waals surface area contributed by atoms with Crippen molar-refractivity contribution in [2.75, 3.05) is 20.3 Å². The molecule has 0 aromatic heterocycles. The van der Waals surface area contributed by atoms with E-state index in [2.05, 4.69) is 18.3 Å². The Hall–Kier alpha value is -1.81. The van der Waals surface area contributed by atoms with Gasteiger partial charge in [-0.05, 0) is 56.7 Å². The summed E-state index contributed by atoms with van der Waals surface area (Å²) in [6.45, 7) is 4.03. The first-order valence-corrected chi connectivity index (χ1v) is 9.45. The van der Waals surface area contributed by atoms with Crippen LogP contribution in [0, 0.1) is 0 Å². The molecule has 4 heteroatoms. The summed E-state index contributed by atoms with van der Waals surface area (Å²) in [6.07, 6.45) is 10.4. The number of ether oxygens (including phenoxy) is 2. The highest BCUT2D eigenvalue weighted by Gasteiger charge is 2.11. The van der Waals surface area contributed by atoms with Crippen LogP contribution in [-0.2, 0) is 11.3 Å². The van der Waals surface area contributed by atoms with Crippen LogP contribution in [0.15, 0.2) is 29.8 Å². The van der Waals surface area contributed by atoms with Crippen molar-refractivity contribution >= 4 is 5.91 Å². The fourth-order valence-corrected chi connectivity index (χ4v) is 3.03. The molecule has 0 bridgehead atoms. The number of allylic oxidation sites excluding steroid dienone is 1. The maximum Gasteiger partial charge on any atom is 0.251 e. The number of carbonyl (C=O) groups excluding carboxylic acids is 1. The molecular formula is C21H31NO3. The quantitative estimate of drug-likeness (QED) is 0.497. The van der Waals surface area contributed by atoms with Crippen molar-refractivity contribution in [3.63, 3.8) is 0 Å². The molecule has 1 amide bonds. The Morgan fingerprint density at radius 1 is 1.28 bits per heavy atom. The Kier molecular flexibility index (Phi) is 8.53. The van der Waals surface area contributed by atoms with Crippen molar-refractivity contribution in [1.82, 2.24) is 5.32 Å². The zero-order valence-corrected chi connectivity index (χ0v) is 15.6. The third-order valence-electron chi connectivity index (χ3n) is 4.56. The second-order valence-electron chi connectivity index (χ2n) is 6.55. The Morgan fingerprint density at radius 2 is 2.16 bits per heavy atom. The number of hydrogen-bond donors (Lipinski definition) is 1. The molecule has 0 spiro atoms. The van der Waals surface area contributed by atoms with E-state index in [9.17, 15) is 4.79 Å². The molecule has 0 atom stereocenters. The first kappa shape index (κ1) is 19.5. The van der Waals surface area contributed by atoms with Gasteiger partial charge in [0.2, 0.25) is 0 Å². The number of amides is 1. The summed E-state index contributed by atoms with van der Waals surface area (Å²) in [6, 6.07) is 5.53. The highest BCUT2D eigenvalue weighted by Crippen LogP contribution is 2.22. The van der Waals surface area contributed by atoms with Gasteiger partial charge in [0.1, 0.15) is 5.75 Å². The van der Waals surface area contributed by atoms with E-state index in [1.165, 1.54) is 31.3 Å². The van der Waals surface area contributed by atoms with Gasteiger partial charge in [-0.2, -0.15) is 0 Å². The van der Waals surface area contributed by atoms with E-state index in [4.69, 9.17) is 9.47 Å². The number of nitrogens with one attached hydrogen (secondary N) is 1. The zero-order valence-electron chi connectivity index (χ0n) is 15.6. The highest BCUT2D eigenvalue weighted by atomic mass is 16.5. The smallest absolute Gasteiger partial charge is 0.251 e. The third-order valence-corrected chi connectivity index (χ3v) is 4.56. The monoisotopic (exact) mass is 345 g/mol. The van der Waals surface area contributed by atoms with Gasteiger partial charge in [-0.25, -0.2) is 0 Å². The molecule has 0 saturated heterocycles. The van der Waals surface area contributed by atoms with Gasteiger partial charge in [0.15, 0.2) is 0 Å². The summed E-state index contributed by atoms with van der Waals surface area (Å²) >= 11 is 0. The van der Waals surface area contributed by atoms with E-state index < -0.39 is 0 Å². The minimum atomic E-state index is -0.0335. The molecule has 25 heavy (non-hydrogen) atoms. The summed E-state index contributed by atoms with van der Waals surface area (Å²) in [4.78, 5) is 12.4. The Morgan fingerprint density at radius 3 is 2.88 bits per heavy atom. The van der Waals surface area contributed by atoms with Crippen LogP contribution in [0.4, 0.5) is 0 Å². The molecule has 0 unspecified atom stereocenters. The van der Waals surface area contributed by atoms with E-state index in [-0.39, 0.29) is 5.91 Å². The summed E-state index contributed by atoms with van der Waals surface area (Å²) in [7, 11) is 1.64. The number of carbonyl (C=O) groups is 1. The molecular weight excluding hydrogens is 314 g/mol. The van der Waals surface area contributed by atoms with Gasteiger partial charge in [0.25, 0.3) is 5.91 Å². The molecule has 0 aliphatic heterocycles. The topological polar surface area (TPSA) is 47.6 Å². The van der Waals surface area contributed by atoms with Crippen molar-refractivity contribution in [3.8, 4) is 5.75 Å². The maximum absolute atomic E-state index is 12.4. The van der Waals surface area contributed by atoms with E-state index >= 15 is 0 Å². The minimum Gasteiger partial charge on any atom is -0.496 e. The van der Waals surface area contributed by atoms with Gasteiger partial charge < -0.3 is 14.8 Å². The molecule has 1 aromatic carbocycles. The van der Waals surface area contributed by atoms with Crippen molar-refractivity contribution < 1.29 is 14.3 Å². The van der Waals surface area contributed by atoms with Crippen LogP contribution in [0.5, 0.6) is 5.75 Å². The SMILES string of the molecule is CCCCOCc1cc(C(=O)NCCC2=CCCCC2)ccc1OC. The lowest BCUT2D eigenvalue weighted by atomic mass is 9.97. The maximum atomic E-state index is 12.4. The van der Waals surface area contributed by atoms with Gasteiger partial charge in [0.05, 0.1) is 13.7 Å². The van der Waals surface area contributed by atoms with Gasteiger partial charge in [0, 0.05) is 24.3 Å². The molecule has 138 valence electrons. The largest absolute Gasteiger partial charge is 0.496 e. The van der Waals surface area contributed by atoms with E-state index in [0.29, 0.717) is 18.7 Å². The van der Waals surface area contributed by atoms with E-state index in [1.54, 1.807) is 7.11 Å². The average Bonchev–Trinajstić information content (AvgIpc) is 2.66. The fraction of sp³-hybridized carbons (Fsp3) is 0.571. The average molecular weight is 345 g/mol. The number of benzene rings is 1. The van der Waals surface area contributed by atoms with Gasteiger partial charge >= 0.3 is 0 Å². The number of hydrogen-bond acceptors (Lipinski definition) is 3. The lowest BCUT2D eigenvalue weighted by Gasteiger charge is -2.14. The number of unbranched alkanes of at least 4 members (excludes halogenated alkanes) is 1. The summed E-state index contributed by atoms with van der Waals surface area (Å²) in [5.74, 6) is 0.731. The zero-order chi connectivity index (χ0) is 17.9. The van der Waals surface area contributed by atoms with Crippen LogP contribution in [0.3, 0.4) is 0 Å². The van der Waals surface area contributed by atoms with Gasteiger partial charge in [-0.3, -0.25) is 4.79 Å². The first-order valence-electron chi connectivity index (χ1n) is 9.45. The summed E-state index contributed by atoms with van der Waals surface area (Å²) < 4.78 is 11.1. The van der Waals surface area contributed by atoms with Gasteiger partial charge in [-0.15, -0.1) is 0 Å². The standard InChI is InChI=1S/C21H31NO3/c1-3-4-14-25-16-19-15-18(10-11-20(19)24-2)21(23)22-13-12-17-8-6-5-7-9-17/h8,10-11,15H,3-7,9,12-14,16H2,1-2H3,(H,22,23). The normalized spacial score (nSPS) is 14.1. The molecule has 1 aromatic rings. The van der Waals surface area contributed by atoms with Crippen LogP contribution in [0.1, 0.15) is 67.8 Å². The lowest BCUT2D eigenvalue weighted by Crippen LogP contribution is -2.25. The molecule has 0 saturated carbocycles. The second kappa shape index (κ2) is 10.9. The minimum absolute atomic E-state index is 0.0335. The summed E-state index contributed by atoms with van der Waals surface area (Å²) in [5, 5.41) is 3.03. The van der Waals surface area contributed by atoms with E-state index in [1.807, 2.05) is 18.2 Å². The van der Waals surface area contributed by atoms with Gasteiger partial charge in [-0.1, -0.05) is 25.0 Å². The molecule has 1 aliphatic carbocycles. The number of rotatable bonds is 10. The molecule has 0 heterocycles. The van der Waals surface area contributed by atoms with Crippen LogP contribution in [0.2, 0.25) is 0 Å². The molecule has 1 N–H and O–H groups in total. The second-order valence-corrected chi connectivity index (χ2v) is 6.55. The van der Waals surface area contributed by atoms with Crippen LogP contribution >= 0.6 is 0 Å². The highest BCUT2D eigenvalue weighted by molar-refractivity contribution is 5.94.